The van der Waals surface area contributed by atoms with Crippen LogP contribution in [0.1, 0.15) is 71.1 Å². The summed E-state index contributed by atoms with van der Waals surface area (Å²) in [7, 11) is 0. The molecule has 22 heavy (non-hydrogen) atoms. The first-order chi connectivity index (χ1) is 10.5. The molecule has 2 fully saturated rings. The van der Waals surface area contributed by atoms with E-state index in [4.69, 9.17) is 0 Å². The predicted molar refractivity (Wildman–Crippen MR) is 81.6 cm³/mol. The van der Waals surface area contributed by atoms with Crippen molar-refractivity contribution in [3.63, 3.8) is 0 Å². The first kappa shape index (κ1) is 18.1. The van der Waals surface area contributed by atoms with E-state index in [-0.39, 0.29) is 24.2 Å². The average molecular weight is 322 g/mol. The second-order valence-electron chi connectivity index (χ2n) is 7.43. The maximum absolute atomic E-state index is 14.5. The highest BCUT2D eigenvalue weighted by Gasteiger charge is 2.43. The summed E-state index contributed by atoms with van der Waals surface area (Å²) in [6.45, 7) is 2.02. The number of hydrogen-bond donors (Lipinski definition) is 0. The third kappa shape index (κ3) is 4.61. The first-order valence-corrected chi connectivity index (χ1v) is 9.09. The quantitative estimate of drug-likeness (QED) is 0.500. The van der Waals surface area contributed by atoms with Gasteiger partial charge in [0.05, 0.1) is 0 Å². The van der Waals surface area contributed by atoms with Crippen LogP contribution in [-0.2, 0) is 0 Å². The Bertz CT molecular complexity index is 312. The Morgan fingerprint density at radius 1 is 0.864 bits per heavy atom. The fourth-order valence-corrected chi connectivity index (χ4v) is 4.66. The van der Waals surface area contributed by atoms with Gasteiger partial charge < -0.3 is 0 Å². The molecule has 0 bridgehead atoms. The Balaban J connectivity index is 1.79. The summed E-state index contributed by atoms with van der Waals surface area (Å²) < 4.78 is 53.3. The topological polar surface area (TPSA) is 0 Å². The van der Waals surface area contributed by atoms with Gasteiger partial charge in [-0.1, -0.05) is 26.2 Å². The van der Waals surface area contributed by atoms with E-state index in [0.29, 0.717) is 12.3 Å². The van der Waals surface area contributed by atoms with Crippen molar-refractivity contribution in [2.24, 2.45) is 23.7 Å². The minimum absolute atomic E-state index is 0.0181. The molecular formula is C18H30F4. The van der Waals surface area contributed by atoms with E-state index < -0.39 is 18.8 Å². The van der Waals surface area contributed by atoms with Crippen LogP contribution in [0.3, 0.4) is 0 Å². The molecule has 130 valence electrons. The molecule has 0 aromatic heterocycles. The number of hydrogen-bond acceptors (Lipinski definition) is 0. The molecule has 0 heterocycles. The zero-order chi connectivity index (χ0) is 16.1. The van der Waals surface area contributed by atoms with Gasteiger partial charge in [-0.15, -0.1) is 0 Å². The van der Waals surface area contributed by atoms with Crippen molar-refractivity contribution in [1.82, 2.24) is 0 Å². The summed E-state index contributed by atoms with van der Waals surface area (Å²) in [5.74, 6) is 0.386. The normalized spacial score (nSPS) is 40.1. The van der Waals surface area contributed by atoms with Crippen LogP contribution in [0.2, 0.25) is 0 Å². The highest BCUT2D eigenvalue weighted by molar-refractivity contribution is 4.92. The second-order valence-corrected chi connectivity index (χ2v) is 7.43. The third-order valence-electron chi connectivity index (χ3n) is 5.98. The molecule has 4 atom stereocenters. The van der Waals surface area contributed by atoms with Gasteiger partial charge in [-0.25, -0.2) is 17.6 Å². The van der Waals surface area contributed by atoms with Crippen molar-refractivity contribution in [2.45, 2.75) is 89.9 Å². The van der Waals surface area contributed by atoms with Crippen LogP contribution in [0.15, 0.2) is 0 Å². The Labute approximate surface area is 132 Å². The Kier molecular flexibility index (Phi) is 7.01. The van der Waals surface area contributed by atoms with E-state index in [9.17, 15) is 17.6 Å². The van der Waals surface area contributed by atoms with Gasteiger partial charge >= 0.3 is 0 Å². The molecule has 0 amide bonds. The molecule has 4 unspecified atom stereocenters. The molecule has 0 radical (unpaired) electrons. The fraction of sp³-hybridized carbons (Fsp3) is 1.00. The van der Waals surface area contributed by atoms with Gasteiger partial charge in [0.1, 0.15) is 12.3 Å². The Morgan fingerprint density at radius 3 is 2.14 bits per heavy atom. The van der Waals surface area contributed by atoms with Gasteiger partial charge in [-0.05, 0) is 62.2 Å². The zero-order valence-electron chi connectivity index (χ0n) is 13.6. The summed E-state index contributed by atoms with van der Waals surface area (Å²) in [6, 6.07) is 0. The number of alkyl halides is 4. The van der Waals surface area contributed by atoms with E-state index in [1.165, 1.54) is 0 Å². The van der Waals surface area contributed by atoms with Gasteiger partial charge in [-0.3, -0.25) is 0 Å². The molecule has 4 heteroatoms. The van der Waals surface area contributed by atoms with Gasteiger partial charge in [0.25, 0.3) is 0 Å². The van der Waals surface area contributed by atoms with Crippen LogP contribution in [0.25, 0.3) is 0 Å². The highest BCUT2D eigenvalue weighted by Crippen LogP contribution is 2.45. The van der Waals surface area contributed by atoms with E-state index in [2.05, 4.69) is 0 Å². The minimum atomic E-state index is -2.21. The summed E-state index contributed by atoms with van der Waals surface area (Å²) in [4.78, 5) is 0. The average Bonchev–Trinajstić information content (AvgIpc) is 2.51. The van der Waals surface area contributed by atoms with Crippen molar-refractivity contribution in [1.29, 1.82) is 0 Å². The van der Waals surface area contributed by atoms with Crippen LogP contribution in [0, 0.1) is 23.7 Å². The second kappa shape index (κ2) is 8.54. The lowest BCUT2D eigenvalue weighted by Gasteiger charge is -2.41. The summed E-state index contributed by atoms with van der Waals surface area (Å²) >= 11 is 0. The molecule has 0 aromatic carbocycles. The summed E-state index contributed by atoms with van der Waals surface area (Å²) in [6.07, 6.45) is 2.67. The van der Waals surface area contributed by atoms with Crippen LogP contribution >= 0.6 is 0 Å². The van der Waals surface area contributed by atoms with Gasteiger partial charge in [0, 0.05) is 6.42 Å². The summed E-state index contributed by atoms with van der Waals surface area (Å²) in [5, 5.41) is 0. The molecular weight excluding hydrogens is 292 g/mol. The predicted octanol–water partition coefficient (Wildman–Crippen LogP) is 6.34. The van der Waals surface area contributed by atoms with Crippen molar-refractivity contribution >= 4 is 0 Å². The van der Waals surface area contributed by atoms with Gasteiger partial charge in [0.15, 0.2) is 0 Å². The van der Waals surface area contributed by atoms with Crippen LogP contribution in [-0.4, -0.2) is 18.8 Å². The molecule has 2 aliphatic carbocycles. The summed E-state index contributed by atoms with van der Waals surface area (Å²) in [5.41, 5.74) is 0. The number of halogens is 4. The standard InChI is InChI=1S/C18H30F4/c1-2-3-14-9-10-15(18(22)17(14)21)13-7-4-12(5-8-13)6-11-16(19)20/h12-18H,2-11H2,1H3. The highest BCUT2D eigenvalue weighted by atomic mass is 19.3. The number of rotatable bonds is 6. The first-order valence-electron chi connectivity index (χ1n) is 9.09. The molecule has 0 saturated heterocycles. The van der Waals surface area contributed by atoms with Crippen LogP contribution in [0.5, 0.6) is 0 Å². The van der Waals surface area contributed by atoms with E-state index in [1.54, 1.807) is 0 Å². The molecule has 0 spiro atoms. The lowest BCUT2D eigenvalue weighted by molar-refractivity contribution is -0.0147. The molecule has 0 aliphatic heterocycles. The monoisotopic (exact) mass is 322 g/mol. The molecule has 2 aliphatic rings. The Morgan fingerprint density at radius 2 is 1.55 bits per heavy atom. The zero-order valence-corrected chi connectivity index (χ0v) is 13.6. The fourth-order valence-electron chi connectivity index (χ4n) is 4.66. The van der Waals surface area contributed by atoms with Crippen molar-refractivity contribution in [2.75, 3.05) is 0 Å². The lowest BCUT2D eigenvalue weighted by Crippen LogP contribution is -2.42. The molecule has 2 saturated carbocycles. The maximum atomic E-state index is 14.5. The van der Waals surface area contributed by atoms with Gasteiger partial charge in [-0.2, -0.15) is 0 Å². The van der Waals surface area contributed by atoms with E-state index in [0.717, 1.165) is 51.4 Å². The van der Waals surface area contributed by atoms with Crippen LogP contribution < -0.4 is 0 Å². The molecule has 0 N–H and O–H groups in total. The van der Waals surface area contributed by atoms with Crippen LogP contribution in [0.4, 0.5) is 17.6 Å². The van der Waals surface area contributed by atoms with Crippen molar-refractivity contribution in [3.8, 4) is 0 Å². The third-order valence-corrected chi connectivity index (χ3v) is 5.98. The molecule has 2 rings (SSSR count). The van der Waals surface area contributed by atoms with E-state index in [1.807, 2.05) is 6.92 Å². The van der Waals surface area contributed by atoms with E-state index >= 15 is 0 Å². The SMILES string of the molecule is CCCC1CCC(C2CCC(CCC(F)F)CC2)C(F)C1F. The van der Waals surface area contributed by atoms with Crippen molar-refractivity contribution in [3.05, 3.63) is 0 Å². The largest absolute Gasteiger partial charge is 0.244 e. The maximum Gasteiger partial charge on any atom is 0.238 e. The molecule has 0 aromatic rings. The smallest absolute Gasteiger partial charge is 0.238 e. The Hall–Kier alpha value is -0.280. The lowest BCUT2D eigenvalue weighted by atomic mass is 9.67. The molecule has 0 nitrogen and oxygen atoms in total. The van der Waals surface area contributed by atoms with Gasteiger partial charge in [0.2, 0.25) is 6.43 Å². The van der Waals surface area contributed by atoms with Crippen molar-refractivity contribution < 1.29 is 17.6 Å². The minimum Gasteiger partial charge on any atom is -0.244 e.